The third-order valence-corrected chi connectivity index (χ3v) is 2.78. The monoisotopic (exact) mass is 442 g/mol. The van der Waals surface area contributed by atoms with Crippen molar-refractivity contribution in [2.45, 2.75) is 13.1 Å². The molecule has 0 saturated heterocycles. The normalized spacial score (nSPS) is 11.0. The number of nitrogens with two attached hydrogens (primary N) is 2. The molecular formula is C14H20Cl2N4O8. The fourth-order valence-electron chi connectivity index (χ4n) is 1.81. The molecule has 0 aliphatic carbocycles. The summed E-state index contributed by atoms with van der Waals surface area (Å²) in [6.45, 7) is 4.26. The smallest absolute Gasteiger partial charge is 0.125 e. The van der Waals surface area contributed by atoms with Gasteiger partial charge in [0.2, 0.25) is 0 Å². The molecule has 28 heavy (non-hydrogen) atoms. The molecule has 0 amide bonds. The van der Waals surface area contributed by atoms with Gasteiger partial charge in [-0.2, -0.15) is 0 Å². The van der Waals surface area contributed by atoms with Gasteiger partial charge < -0.3 is 10.6 Å². The van der Waals surface area contributed by atoms with Crippen molar-refractivity contribution in [3.05, 3.63) is 60.2 Å². The van der Waals surface area contributed by atoms with Crippen molar-refractivity contribution >= 4 is 0 Å². The lowest BCUT2D eigenvalue weighted by Crippen LogP contribution is -2.93. The minimum atomic E-state index is -4.94. The highest BCUT2D eigenvalue weighted by Crippen LogP contribution is 1.91. The van der Waals surface area contributed by atoms with Gasteiger partial charge in [0.05, 0.1) is 0 Å². The predicted molar refractivity (Wildman–Crippen MR) is 69.5 cm³/mol. The van der Waals surface area contributed by atoms with Crippen LogP contribution in [0.3, 0.4) is 0 Å². The molecule has 0 saturated carbocycles. The van der Waals surface area contributed by atoms with E-state index < -0.39 is 20.5 Å². The molecule has 0 fully saturated rings. The molecule has 2 aromatic rings. The quantitative estimate of drug-likeness (QED) is 0.382. The van der Waals surface area contributed by atoms with E-state index in [1.54, 1.807) is 0 Å². The number of nitrogens with zero attached hydrogens (tertiary/aromatic N) is 2. The first-order valence-electron chi connectivity index (χ1n) is 7.60. The standard InChI is InChI=1S/C14H18N4.2ClHO4/c1-3-13(9-15-5-1)11-17-7-8-18-12-14-4-2-6-16-10-14;2*2-1(3,4)5/h1-6,9-10,17-18H,7-8,11-12H2;2*(H,2,3,4,5). The third-order valence-electron chi connectivity index (χ3n) is 2.78. The van der Waals surface area contributed by atoms with Crippen molar-refractivity contribution in [3.63, 3.8) is 0 Å². The molecule has 4 N–H and O–H groups in total. The summed E-state index contributed by atoms with van der Waals surface area (Å²) in [6.07, 6.45) is 7.47. The molecule has 158 valence electrons. The minimum Gasteiger partial charge on any atom is -0.338 e. The number of hydrogen-bond donors (Lipinski definition) is 2. The predicted octanol–water partition coefficient (Wildman–Crippen LogP) is -10.2. The Morgan fingerprint density at radius 1 is 0.643 bits per heavy atom. The highest BCUT2D eigenvalue weighted by molar-refractivity contribution is 5.06. The molecule has 0 aliphatic rings. The van der Waals surface area contributed by atoms with Crippen LogP contribution in [0.25, 0.3) is 0 Å². The van der Waals surface area contributed by atoms with E-state index in [1.165, 1.54) is 11.1 Å². The molecule has 14 heteroatoms. The summed E-state index contributed by atoms with van der Waals surface area (Å²) in [5.74, 6) is 0. The van der Waals surface area contributed by atoms with Gasteiger partial charge in [-0.1, -0.05) is 12.1 Å². The van der Waals surface area contributed by atoms with E-state index in [9.17, 15) is 0 Å². The van der Waals surface area contributed by atoms with Crippen LogP contribution in [0.15, 0.2) is 49.1 Å². The van der Waals surface area contributed by atoms with Gasteiger partial charge in [-0.25, -0.2) is 37.3 Å². The molecule has 0 bridgehead atoms. The molecule has 0 aliphatic heterocycles. The number of aromatic nitrogens is 2. The second-order valence-corrected chi connectivity index (χ2v) is 6.55. The first kappa shape index (κ1) is 26.5. The fourth-order valence-corrected chi connectivity index (χ4v) is 1.81. The van der Waals surface area contributed by atoms with Crippen molar-refractivity contribution in [3.8, 4) is 0 Å². The number of hydrogen-bond acceptors (Lipinski definition) is 10. The van der Waals surface area contributed by atoms with Crippen LogP contribution in [0.1, 0.15) is 11.1 Å². The van der Waals surface area contributed by atoms with Crippen LogP contribution in [0, 0.1) is 20.5 Å². The van der Waals surface area contributed by atoms with E-state index in [0.29, 0.717) is 0 Å². The Bertz CT molecular complexity index is 547. The number of halogens is 2. The second kappa shape index (κ2) is 14.5. The second-order valence-electron chi connectivity index (χ2n) is 5.04. The van der Waals surface area contributed by atoms with Crippen molar-refractivity contribution < 1.29 is 68.4 Å². The maximum absolute atomic E-state index is 8.49. The lowest BCUT2D eigenvalue weighted by Gasteiger charge is -2.17. The summed E-state index contributed by atoms with van der Waals surface area (Å²) in [5.41, 5.74) is 2.56. The zero-order valence-electron chi connectivity index (χ0n) is 14.5. The maximum Gasteiger partial charge on any atom is 0.125 e. The third kappa shape index (κ3) is 24.5. The van der Waals surface area contributed by atoms with Gasteiger partial charge >= 0.3 is 0 Å². The molecule has 0 atom stereocenters. The number of quaternary nitrogens is 2. The summed E-state index contributed by atoms with van der Waals surface area (Å²) in [6, 6.07) is 8.20. The SMILES string of the molecule is [O-][Cl+3]([O-])([O-])[O-].[O-][Cl+3]([O-])([O-])[O-].c1cncc(C[NH2+]CC[NH2+]Cc2cccnc2)c1. The molecule has 0 unspecified atom stereocenters. The van der Waals surface area contributed by atoms with E-state index in [0.717, 1.165) is 26.2 Å². The lowest BCUT2D eigenvalue weighted by atomic mass is 10.3. The van der Waals surface area contributed by atoms with Crippen LogP contribution in [0.5, 0.6) is 0 Å². The van der Waals surface area contributed by atoms with Crippen molar-refractivity contribution in [1.82, 2.24) is 9.97 Å². The van der Waals surface area contributed by atoms with Crippen LogP contribution < -0.4 is 47.9 Å². The van der Waals surface area contributed by atoms with E-state index >= 15 is 0 Å². The summed E-state index contributed by atoms with van der Waals surface area (Å²) in [4.78, 5) is 8.21. The highest BCUT2D eigenvalue weighted by atomic mass is 35.7. The highest BCUT2D eigenvalue weighted by Gasteiger charge is 1.97. The van der Waals surface area contributed by atoms with Crippen LogP contribution in [-0.2, 0) is 13.1 Å². The molecule has 2 aromatic heterocycles. The van der Waals surface area contributed by atoms with Crippen molar-refractivity contribution in [2.75, 3.05) is 13.1 Å². The van der Waals surface area contributed by atoms with E-state index in [2.05, 4.69) is 32.7 Å². The summed E-state index contributed by atoms with van der Waals surface area (Å²) in [5, 5.41) is 4.63. The topological polar surface area (TPSA) is 243 Å². The van der Waals surface area contributed by atoms with E-state index in [1.807, 2.05) is 36.9 Å². The molecule has 0 spiro atoms. The Morgan fingerprint density at radius 3 is 1.21 bits per heavy atom. The maximum atomic E-state index is 8.49. The zero-order chi connectivity index (χ0) is 21.5. The van der Waals surface area contributed by atoms with Gasteiger partial charge in [0.15, 0.2) is 0 Å². The number of pyridine rings is 2. The molecule has 0 aromatic carbocycles. The number of rotatable bonds is 7. The molecule has 2 rings (SSSR count). The molecule has 2 heterocycles. The zero-order valence-corrected chi connectivity index (χ0v) is 16.0. The van der Waals surface area contributed by atoms with Gasteiger partial charge in [-0.15, -0.1) is 20.5 Å². The average Bonchev–Trinajstić information content (AvgIpc) is 2.57. The van der Waals surface area contributed by atoms with Gasteiger partial charge in [0, 0.05) is 35.9 Å². The molecule has 0 radical (unpaired) electrons. The van der Waals surface area contributed by atoms with Crippen LogP contribution in [0.4, 0.5) is 0 Å². The van der Waals surface area contributed by atoms with E-state index in [4.69, 9.17) is 37.3 Å². The molecular weight excluding hydrogens is 423 g/mol. The van der Waals surface area contributed by atoms with E-state index in [-0.39, 0.29) is 0 Å². The van der Waals surface area contributed by atoms with Gasteiger partial charge in [-0.3, -0.25) is 9.97 Å². The van der Waals surface area contributed by atoms with Gasteiger partial charge in [0.25, 0.3) is 0 Å². The van der Waals surface area contributed by atoms with Gasteiger partial charge in [0.1, 0.15) is 26.2 Å². The summed E-state index contributed by atoms with van der Waals surface area (Å²) < 4.78 is 67.9. The van der Waals surface area contributed by atoms with Gasteiger partial charge in [-0.05, 0) is 12.1 Å². The van der Waals surface area contributed by atoms with Crippen LogP contribution in [0.2, 0.25) is 0 Å². The Labute approximate surface area is 165 Å². The Balaban J connectivity index is 0.000000607. The average molecular weight is 443 g/mol. The Hall–Kier alpha value is -1.52. The Kier molecular flexibility index (Phi) is 13.7. The first-order valence-corrected chi connectivity index (χ1v) is 10.1. The minimum absolute atomic E-state index is 1.01. The lowest BCUT2D eigenvalue weighted by molar-refractivity contribution is -2.00. The summed E-state index contributed by atoms with van der Waals surface area (Å²) >= 11 is 0. The Morgan fingerprint density at radius 2 is 0.964 bits per heavy atom. The van der Waals surface area contributed by atoms with Crippen molar-refractivity contribution in [2.24, 2.45) is 0 Å². The fraction of sp³-hybridized carbons (Fsp3) is 0.286. The van der Waals surface area contributed by atoms with Crippen LogP contribution >= 0.6 is 0 Å². The summed E-state index contributed by atoms with van der Waals surface area (Å²) in [7, 11) is -9.89. The molecule has 12 nitrogen and oxygen atoms in total. The van der Waals surface area contributed by atoms with Crippen molar-refractivity contribution in [1.29, 1.82) is 0 Å². The first-order chi connectivity index (χ1) is 12.9. The largest absolute Gasteiger partial charge is 0.338 e. The van der Waals surface area contributed by atoms with Crippen LogP contribution in [-0.4, -0.2) is 23.1 Å².